The summed E-state index contributed by atoms with van der Waals surface area (Å²) in [5.41, 5.74) is 0.693. The second-order valence-corrected chi connectivity index (χ2v) is 4.42. The maximum absolute atomic E-state index is 8.76. The zero-order valence-electron chi connectivity index (χ0n) is 9.12. The maximum atomic E-state index is 8.76. The number of nitriles is 2. The standard InChI is InChI=1S/C12H9N3S2/c1-17-12(16)11(7-10(8-13)9-14)15-5-3-2-4-6-15/h2-7H,1H3. The van der Waals surface area contributed by atoms with E-state index in [1.54, 1.807) is 4.57 Å². The van der Waals surface area contributed by atoms with Gasteiger partial charge in [0.25, 0.3) is 0 Å². The normalized spacial score (nSPS) is 10.8. The molecule has 0 N–H and O–H groups in total. The van der Waals surface area contributed by atoms with Gasteiger partial charge >= 0.3 is 0 Å². The van der Waals surface area contributed by atoms with Crippen LogP contribution in [-0.4, -0.2) is 6.26 Å². The number of aromatic nitrogens is 1. The van der Waals surface area contributed by atoms with E-state index in [0.717, 1.165) is 0 Å². The molecule has 0 aliphatic rings. The van der Waals surface area contributed by atoms with Crippen molar-refractivity contribution >= 4 is 30.1 Å². The molecule has 0 saturated heterocycles. The van der Waals surface area contributed by atoms with Gasteiger partial charge in [0.05, 0.1) is 0 Å². The minimum atomic E-state index is 0.0350. The van der Waals surface area contributed by atoms with Gasteiger partial charge in [-0.2, -0.15) is 26.9 Å². The molecule has 0 bridgehead atoms. The number of rotatable bonds is 3. The minimum absolute atomic E-state index is 0.0350. The first kappa shape index (κ1) is 13.2. The molecule has 3 nitrogen and oxygen atoms in total. The van der Waals surface area contributed by atoms with Crippen LogP contribution in [0.5, 0.6) is 0 Å². The number of hydrogen-bond donors (Lipinski definition) is 0. The van der Waals surface area contributed by atoms with E-state index in [-0.39, 0.29) is 5.57 Å². The van der Waals surface area contributed by atoms with Crippen LogP contribution in [0.15, 0.2) is 46.5 Å². The Morgan fingerprint density at radius 1 is 1.24 bits per heavy atom. The predicted octanol–water partition coefficient (Wildman–Crippen LogP) is 1.98. The number of hydrogen-bond acceptors (Lipinski definition) is 4. The lowest BCUT2D eigenvalue weighted by molar-refractivity contribution is -0.578. The number of pyridine rings is 1. The van der Waals surface area contributed by atoms with Gasteiger partial charge in [0.1, 0.15) is 17.7 Å². The molecule has 1 aromatic heterocycles. The molecule has 0 aliphatic heterocycles. The van der Waals surface area contributed by atoms with Crippen molar-refractivity contribution in [2.45, 2.75) is 0 Å². The van der Waals surface area contributed by atoms with E-state index in [0.29, 0.717) is 9.93 Å². The molecular weight excluding hydrogens is 250 g/mol. The fraction of sp³-hybridized carbons (Fsp3) is 0.0833. The van der Waals surface area contributed by atoms with Gasteiger partial charge < -0.3 is 12.6 Å². The largest absolute Gasteiger partial charge is 0.767 e. The fourth-order valence-corrected chi connectivity index (χ4v) is 1.67. The molecule has 0 atom stereocenters. The summed E-state index contributed by atoms with van der Waals surface area (Å²) < 4.78 is 2.41. The molecule has 0 unspecified atom stereocenters. The smallest absolute Gasteiger partial charge is 0.199 e. The number of nitrogens with zero attached hydrogens (tertiary/aromatic N) is 3. The Morgan fingerprint density at radius 3 is 2.29 bits per heavy atom. The topological polar surface area (TPSA) is 51.5 Å². The van der Waals surface area contributed by atoms with Crippen LogP contribution < -0.4 is 4.57 Å². The Bertz CT molecular complexity index is 517. The molecule has 0 fully saturated rings. The summed E-state index contributed by atoms with van der Waals surface area (Å²) >= 11 is 6.62. The summed E-state index contributed by atoms with van der Waals surface area (Å²) in [7, 11) is 0. The average Bonchev–Trinajstić information content (AvgIpc) is 2.40. The van der Waals surface area contributed by atoms with Crippen LogP contribution in [0.2, 0.25) is 0 Å². The van der Waals surface area contributed by atoms with Crippen LogP contribution in [0.25, 0.3) is 5.70 Å². The zero-order valence-corrected chi connectivity index (χ0v) is 10.8. The van der Waals surface area contributed by atoms with Crippen LogP contribution >= 0.6 is 11.8 Å². The van der Waals surface area contributed by atoms with Gasteiger partial charge in [-0.15, -0.1) is 0 Å². The third-order valence-electron chi connectivity index (χ3n) is 1.91. The van der Waals surface area contributed by atoms with Crippen LogP contribution in [0.3, 0.4) is 0 Å². The van der Waals surface area contributed by atoms with E-state index in [1.165, 1.54) is 17.8 Å². The van der Waals surface area contributed by atoms with Gasteiger partial charge in [0.2, 0.25) is 0 Å². The lowest BCUT2D eigenvalue weighted by atomic mass is 10.2. The van der Waals surface area contributed by atoms with Crippen molar-refractivity contribution in [2.24, 2.45) is 0 Å². The summed E-state index contributed by atoms with van der Waals surface area (Å²) in [6, 6.07) is 9.25. The van der Waals surface area contributed by atoms with Gasteiger partial charge in [0, 0.05) is 18.2 Å². The zero-order chi connectivity index (χ0) is 12.7. The highest BCUT2D eigenvalue weighted by molar-refractivity contribution is 8.10. The van der Waals surface area contributed by atoms with E-state index < -0.39 is 0 Å². The summed E-state index contributed by atoms with van der Waals surface area (Å²) in [5, 5.41) is 17.5. The van der Waals surface area contributed by atoms with Crippen LogP contribution in [0.1, 0.15) is 0 Å². The Kier molecular flexibility index (Phi) is 5.22. The lowest BCUT2D eigenvalue weighted by Crippen LogP contribution is -2.31. The van der Waals surface area contributed by atoms with E-state index in [9.17, 15) is 0 Å². The summed E-state index contributed by atoms with van der Waals surface area (Å²) in [5.74, 6) is 0. The maximum Gasteiger partial charge on any atom is 0.199 e. The molecule has 84 valence electrons. The van der Waals surface area contributed by atoms with Crippen molar-refractivity contribution < 1.29 is 4.57 Å². The van der Waals surface area contributed by atoms with Crippen molar-refractivity contribution in [3.05, 3.63) is 46.5 Å². The summed E-state index contributed by atoms with van der Waals surface area (Å²) in [4.78, 5) is 0. The number of thioether (sulfide) groups is 1. The first-order valence-corrected chi connectivity index (χ1v) is 6.30. The highest BCUT2D eigenvalue weighted by atomic mass is 32.2. The Morgan fingerprint density at radius 2 is 1.82 bits per heavy atom. The Balaban J connectivity index is 3.33. The molecule has 0 radical (unpaired) electrons. The van der Waals surface area contributed by atoms with E-state index >= 15 is 0 Å². The van der Waals surface area contributed by atoms with Crippen LogP contribution in [0, 0.1) is 22.7 Å². The summed E-state index contributed by atoms with van der Waals surface area (Å²) in [6.07, 6.45) is 7.00. The van der Waals surface area contributed by atoms with Crippen molar-refractivity contribution in [3.63, 3.8) is 0 Å². The molecule has 1 aromatic rings. The number of allylic oxidation sites excluding steroid dienone is 3. The second kappa shape index (κ2) is 6.70. The van der Waals surface area contributed by atoms with Gasteiger partial charge in [-0.25, -0.2) is 0 Å². The molecule has 17 heavy (non-hydrogen) atoms. The van der Waals surface area contributed by atoms with Crippen LogP contribution in [-0.2, 0) is 12.6 Å². The Labute approximate surface area is 110 Å². The third kappa shape index (κ3) is 3.60. The van der Waals surface area contributed by atoms with Gasteiger partial charge in [-0.05, 0) is 6.26 Å². The lowest BCUT2D eigenvalue weighted by Gasteiger charge is -2.09. The molecule has 0 aliphatic carbocycles. The molecule has 0 spiro atoms. The monoisotopic (exact) mass is 259 g/mol. The highest BCUT2D eigenvalue weighted by Gasteiger charge is 2.08. The average molecular weight is 259 g/mol. The molecule has 1 heterocycles. The predicted molar refractivity (Wildman–Crippen MR) is 70.0 cm³/mol. The quantitative estimate of drug-likeness (QED) is 0.360. The highest BCUT2D eigenvalue weighted by Crippen LogP contribution is 2.16. The first-order chi connectivity index (χ1) is 8.22. The minimum Gasteiger partial charge on any atom is -0.767 e. The molecule has 1 rings (SSSR count). The molecular formula is C12H9N3S2. The van der Waals surface area contributed by atoms with Crippen molar-refractivity contribution in [1.82, 2.24) is 0 Å². The van der Waals surface area contributed by atoms with Crippen molar-refractivity contribution in [1.29, 1.82) is 10.5 Å². The van der Waals surface area contributed by atoms with Crippen molar-refractivity contribution in [2.75, 3.05) is 6.26 Å². The molecule has 5 heteroatoms. The third-order valence-corrected chi connectivity index (χ3v) is 3.20. The Hall–Kier alpha value is -1.82. The van der Waals surface area contributed by atoms with E-state index in [4.69, 9.17) is 23.2 Å². The second-order valence-electron chi connectivity index (χ2n) is 2.94. The molecule has 0 saturated carbocycles. The SMILES string of the molecule is CSC([S-])=C(C=C(C#N)C#N)[n+]1ccccc1. The first-order valence-electron chi connectivity index (χ1n) is 4.66. The summed E-state index contributed by atoms with van der Waals surface area (Å²) in [6.45, 7) is 0. The van der Waals surface area contributed by atoms with Gasteiger partial charge in [0.15, 0.2) is 18.1 Å². The molecule has 0 aromatic carbocycles. The fourth-order valence-electron chi connectivity index (χ4n) is 1.13. The van der Waals surface area contributed by atoms with Crippen LogP contribution in [0.4, 0.5) is 0 Å². The van der Waals surface area contributed by atoms with Gasteiger partial charge in [-0.3, -0.25) is 0 Å². The van der Waals surface area contributed by atoms with Crippen molar-refractivity contribution in [3.8, 4) is 12.1 Å². The van der Waals surface area contributed by atoms with E-state index in [2.05, 4.69) is 0 Å². The molecule has 0 amide bonds. The van der Waals surface area contributed by atoms with Gasteiger partial charge in [-0.1, -0.05) is 10.3 Å². The van der Waals surface area contributed by atoms with E-state index in [1.807, 2.05) is 49.0 Å².